The minimum absolute atomic E-state index is 0.0212. The van der Waals surface area contributed by atoms with Gasteiger partial charge in [-0.3, -0.25) is 4.55 Å². The Labute approximate surface area is 135 Å². The Kier molecular flexibility index (Phi) is 3.90. The maximum Gasteiger partial charge on any atom is 0.297 e. The average Bonchev–Trinajstić information content (AvgIpc) is 2.54. The summed E-state index contributed by atoms with van der Waals surface area (Å²) >= 11 is 0. The molecule has 0 saturated carbocycles. The lowest BCUT2D eigenvalue weighted by atomic mass is 9.94. The average molecular weight is 325 g/mol. The SMILES string of the molecule is Nc1cccc(-c2ccccc2-c2ccccc2)c1S(=O)(=O)O. The third kappa shape index (κ3) is 2.97. The van der Waals surface area contributed by atoms with E-state index in [1.165, 1.54) is 6.07 Å². The van der Waals surface area contributed by atoms with Gasteiger partial charge in [0, 0.05) is 5.56 Å². The molecule has 0 fully saturated rings. The van der Waals surface area contributed by atoms with E-state index in [9.17, 15) is 13.0 Å². The molecule has 3 rings (SSSR count). The molecule has 0 spiro atoms. The van der Waals surface area contributed by atoms with Crippen LogP contribution < -0.4 is 5.73 Å². The second-order valence-electron chi connectivity index (χ2n) is 5.11. The quantitative estimate of drug-likeness (QED) is 0.566. The van der Waals surface area contributed by atoms with Gasteiger partial charge in [0.05, 0.1) is 5.69 Å². The van der Waals surface area contributed by atoms with Crippen molar-refractivity contribution in [1.29, 1.82) is 0 Å². The van der Waals surface area contributed by atoms with Gasteiger partial charge in [-0.1, -0.05) is 66.7 Å². The number of hydrogen-bond acceptors (Lipinski definition) is 3. The van der Waals surface area contributed by atoms with Crippen LogP contribution in [0.25, 0.3) is 22.3 Å². The second-order valence-corrected chi connectivity index (χ2v) is 6.47. The molecule has 0 aliphatic carbocycles. The van der Waals surface area contributed by atoms with Crippen molar-refractivity contribution >= 4 is 15.8 Å². The molecular formula is C18H15NO3S. The van der Waals surface area contributed by atoms with Gasteiger partial charge in [-0.2, -0.15) is 8.42 Å². The molecule has 3 aromatic rings. The molecule has 0 bridgehead atoms. The molecule has 0 radical (unpaired) electrons. The molecular weight excluding hydrogens is 310 g/mol. The summed E-state index contributed by atoms with van der Waals surface area (Å²) in [6.07, 6.45) is 0. The molecule has 4 nitrogen and oxygen atoms in total. The van der Waals surface area contributed by atoms with Crippen molar-refractivity contribution in [2.45, 2.75) is 4.90 Å². The van der Waals surface area contributed by atoms with Gasteiger partial charge in [-0.25, -0.2) is 0 Å². The van der Waals surface area contributed by atoms with Crippen molar-refractivity contribution in [3.63, 3.8) is 0 Å². The molecule has 0 aliphatic rings. The molecule has 0 amide bonds. The van der Waals surface area contributed by atoms with E-state index < -0.39 is 10.1 Å². The molecule has 0 atom stereocenters. The van der Waals surface area contributed by atoms with Gasteiger partial charge in [0.2, 0.25) is 0 Å². The Morgan fingerprint density at radius 1 is 0.696 bits per heavy atom. The molecule has 116 valence electrons. The number of anilines is 1. The highest BCUT2D eigenvalue weighted by Gasteiger charge is 2.21. The van der Waals surface area contributed by atoms with Crippen molar-refractivity contribution < 1.29 is 13.0 Å². The lowest BCUT2D eigenvalue weighted by Gasteiger charge is -2.14. The third-order valence-electron chi connectivity index (χ3n) is 3.61. The first-order chi connectivity index (χ1) is 11.0. The largest absolute Gasteiger partial charge is 0.398 e. The zero-order valence-corrected chi connectivity index (χ0v) is 13.0. The molecule has 0 aliphatic heterocycles. The highest BCUT2D eigenvalue weighted by molar-refractivity contribution is 7.86. The summed E-state index contributed by atoms with van der Waals surface area (Å²) in [5, 5.41) is 0. The van der Waals surface area contributed by atoms with Crippen molar-refractivity contribution in [1.82, 2.24) is 0 Å². The monoisotopic (exact) mass is 325 g/mol. The van der Waals surface area contributed by atoms with E-state index in [-0.39, 0.29) is 10.6 Å². The van der Waals surface area contributed by atoms with E-state index in [4.69, 9.17) is 5.73 Å². The number of nitrogens with two attached hydrogens (primary N) is 1. The summed E-state index contributed by atoms with van der Waals surface area (Å²) in [6, 6.07) is 21.8. The number of benzene rings is 3. The first-order valence-electron chi connectivity index (χ1n) is 6.99. The van der Waals surface area contributed by atoms with Crippen molar-refractivity contribution in [3.05, 3.63) is 72.8 Å². The smallest absolute Gasteiger partial charge is 0.297 e. The van der Waals surface area contributed by atoms with Gasteiger partial charge in [0.15, 0.2) is 0 Å². The van der Waals surface area contributed by atoms with Crippen LogP contribution in [-0.2, 0) is 10.1 Å². The van der Waals surface area contributed by atoms with Crippen molar-refractivity contribution in [2.24, 2.45) is 0 Å². The van der Waals surface area contributed by atoms with Gasteiger partial charge in [-0.15, -0.1) is 0 Å². The van der Waals surface area contributed by atoms with Crippen LogP contribution >= 0.6 is 0 Å². The molecule has 23 heavy (non-hydrogen) atoms. The predicted molar refractivity (Wildman–Crippen MR) is 91.5 cm³/mol. The highest BCUT2D eigenvalue weighted by Crippen LogP contribution is 2.37. The number of hydrogen-bond donors (Lipinski definition) is 2. The molecule has 3 N–H and O–H groups in total. The molecule has 3 aromatic carbocycles. The first kappa shape index (κ1) is 15.3. The summed E-state index contributed by atoms with van der Waals surface area (Å²) in [7, 11) is -4.44. The minimum Gasteiger partial charge on any atom is -0.398 e. The lowest BCUT2D eigenvalue weighted by Crippen LogP contribution is -2.05. The van der Waals surface area contributed by atoms with Crippen LogP contribution in [0.2, 0.25) is 0 Å². The van der Waals surface area contributed by atoms with Crippen LogP contribution in [0.15, 0.2) is 77.7 Å². The maximum atomic E-state index is 11.8. The summed E-state index contributed by atoms with van der Waals surface area (Å²) in [5.74, 6) is 0. The Balaban J connectivity index is 2.33. The van der Waals surface area contributed by atoms with Crippen LogP contribution in [0.3, 0.4) is 0 Å². The maximum absolute atomic E-state index is 11.8. The Hall–Kier alpha value is -2.63. The highest BCUT2D eigenvalue weighted by atomic mass is 32.2. The number of rotatable bonds is 3. The Morgan fingerprint density at radius 3 is 1.91 bits per heavy atom. The summed E-state index contributed by atoms with van der Waals surface area (Å²) < 4.78 is 33.1. The second kappa shape index (κ2) is 5.87. The topological polar surface area (TPSA) is 80.4 Å². The van der Waals surface area contributed by atoms with Crippen LogP contribution in [0.5, 0.6) is 0 Å². The Morgan fingerprint density at radius 2 is 1.26 bits per heavy atom. The molecule has 0 aromatic heterocycles. The fourth-order valence-corrected chi connectivity index (χ4v) is 3.46. The van der Waals surface area contributed by atoms with E-state index >= 15 is 0 Å². The standard InChI is InChI=1S/C18H15NO3S/c19-17-12-6-11-16(18(17)23(20,21)22)15-10-5-4-9-14(15)13-7-2-1-3-8-13/h1-12H,19H2,(H,20,21,22). The van der Waals surface area contributed by atoms with Crippen LogP contribution in [0.4, 0.5) is 5.69 Å². The summed E-state index contributed by atoms with van der Waals surface area (Å²) in [5.41, 5.74) is 8.71. The number of nitrogen functional groups attached to an aromatic ring is 1. The fraction of sp³-hybridized carbons (Fsp3) is 0. The van der Waals surface area contributed by atoms with Crippen molar-refractivity contribution in [2.75, 3.05) is 5.73 Å². The molecule has 0 saturated heterocycles. The zero-order valence-electron chi connectivity index (χ0n) is 12.2. The third-order valence-corrected chi connectivity index (χ3v) is 4.58. The summed E-state index contributed by atoms with van der Waals surface area (Å²) in [6.45, 7) is 0. The van der Waals surface area contributed by atoms with E-state index in [2.05, 4.69) is 0 Å². The first-order valence-corrected chi connectivity index (χ1v) is 8.43. The van der Waals surface area contributed by atoms with Crippen LogP contribution in [0.1, 0.15) is 0 Å². The molecule has 0 unspecified atom stereocenters. The van der Waals surface area contributed by atoms with E-state index in [1.54, 1.807) is 12.1 Å². The van der Waals surface area contributed by atoms with E-state index in [0.717, 1.165) is 11.1 Å². The van der Waals surface area contributed by atoms with Gasteiger partial charge in [-0.05, 0) is 22.8 Å². The van der Waals surface area contributed by atoms with Crippen LogP contribution in [0, 0.1) is 0 Å². The fourth-order valence-electron chi connectivity index (χ4n) is 2.64. The van der Waals surface area contributed by atoms with Crippen molar-refractivity contribution in [3.8, 4) is 22.3 Å². The molecule has 5 heteroatoms. The van der Waals surface area contributed by atoms with Gasteiger partial charge >= 0.3 is 0 Å². The molecule has 0 heterocycles. The summed E-state index contributed by atoms with van der Waals surface area (Å²) in [4.78, 5) is -0.261. The Bertz CT molecular complexity index is 951. The van der Waals surface area contributed by atoms with Crippen LogP contribution in [-0.4, -0.2) is 13.0 Å². The predicted octanol–water partition coefficient (Wildman–Crippen LogP) is 3.85. The zero-order chi connectivity index (χ0) is 16.4. The van der Waals surface area contributed by atoms with Gasteiger partial charge in [0.25, 0.3) is 10.1 Å². The lowest BCUT2D eigenvalue weighted by molar-refractivity contribution is 0.484. The van der Waals surface area contributed by atoms with Gasteiger partial charge < -0.3 is 5.73 Å². The normalized spacial score (nSPS) is 11.3. The van der Waals surface area contributed by atoms with E-state index in [1.807, 2.05) is 54.6 Å². The minimum atomic E-state index is -4.44. The van der Waals surface area contributed by atoms with Gasteiger partial charge in [0.1, 0.15) is 4.90 Å². The van der Waals surface area contributed by atoms with E-state index in [0.29, 0.717) is 11.1 Å².